The average Bonchev–Trinajstić information content (AvgIpc) is 2.71. The maximum atomic E-state index is 12.1. The van der Waals surface area contributed by atoms with Gasteiger partial charge in [0, 0.05) is 16.3 Å². The molecule has 0 aromatic heterocycles. The zero-order chi connectivity index (χ0) is 20.4. The summed E-state index contributed by atoms with van der Waals surface area (Å²) in [5, 5.41) is 3.15. The van der Waals surface area contributed by atoms with Gasteiger partial charge in [-0.05, 0) is 29.8 Å². The minimum atomic E-state index is -0.859. The quantitative estimate of drug-likeness (QED) is 0.495. The number of nitrogens with one attached hydrogen (secondary N) is 1. The Hall–Kier alpha value is -2.51. The van der Waals surface area contributed by atoms with Gasteiger partial charge in [-0.2, -0.15) is 0 Å². The van der Waals surface area contributed by atoms with E-state index in [1.165, 1.54) is 18.9 Å². The molecule has 1 amide bonds. The van der Waals surface area contributed by atoms with Crippen LogP contribution in [0.15, 0.2) is 59.5 Å². The van der Waals surface area contributed by atoms with Crippen LogP contribution < -0.4 is 5.32 Å². The Bertz CT molecular complexity index is 798. The van der Waals surface area contributed by atoms with Gasteiger partial charge < -0.3 is 14.8 Å². The van der Waals surface area contributed by atoms with Crippen molar-refractivity contribution in [3.63, 3.8) is 0 Å². The molecule has 8 heteroatoms. The Balaban J connectivity index is 1.78. The van der Waals surface area contributed by atoms with Gasteiger partial charge in [-0.1, -0.05) is 41.9 Å². The fourth-order valence-corrected chi connectivity index (χ4v) is 3.10. The number of halogens is 1. The second-order valence-electron chi connectivity index (χ2n) is 5.74. The van der Waals surface area contributed by atoms with Crippen LogP contribution in [0.25, 0.3) is 0 Å². The Labute approximate surface area is 172 Å². The number of rotatable bonds is 9. The van der Waals surface area contributed by atoms with E-state index in [9.17, 15) is 14.4 Å². The minimum Gasteiger partial charge on any atom is -0.467 e. The lowest BCUT2D eigenvalue weighted by molar-refractivity contribution is -0.148. The number of hydrogen-bond donors (Lipinski definition) is 1. The first kappa shape index (κ1) is 21.8. The van der Waals surface area contributed by atoms with Crippen LogP contribution in [0.1, 0.15) is 5.56 Å². The van der Waals surface area contributed by atoms with Crippen LogP contribution in [0.3, 0.4) is 0 Å². The molecule has 1 N–H and O–H groups in total. The number of ether oxygens (including phenoxy) is 2. The number of hydrogen-bond acceptors (Lipinski definition) is 6. The van der Waals surface area contributed by atoms with Crippen molar-refractivity contribution in [3.8, 4) is 0 Å². The number of carbonyl (C=O) groups is 3. The smallest absolute Gasteiger partial charge is 0.328 e. The molecule has 0 radical (unpaired) electrons. The van der Waals surface area contributed by atoms with Crippen molar-refractivity contribution in [2.75, 3.05) is 19.5 Å². The van der Waals surface area contributed by atoms with Crippen molar-refractivity contribution in [2.24, 2.45) is 0 Å². The third kappa shape index (κ3) is 7.62. The van der Waals surface area contributed by atoms with Crippen molar-refractivity contribution in [1.29, 1.82) is 0 Å². The molecule has 1 atom stereocenters. The predicted octanol–water partition coefficient (Wildman–Crippen LogP) is 2.88. The van der Waals surface area contributed by atoms with Crippen LogP contribution in [0.5, 0.6) is 0 Å². The van der Waals surface area contributed by atoms with Gasteiger partial charge in [-0.25, -0.2) is 4.79 Å². The molecule has 0 bridgehead atoms. The van der Waals surface area contributed by atoms with Crippen LogP contribution in [-0.2, 0) is 30.3 Å². The molecule has 0 aliphatic carbocycles. The highest BCUT2D eigenvalue weighted by molar-refractivity contribution is 8.00. The predicted molar refractivity (Wildman–Crippen MR) is 107 cm³/mol. The molecule has 0 spiro atoms. The second-order valence-corrected chi connectivity index (χ2v) is 7.22. The standard InChI is InChI=1S/C20H20ClNO5S/c1-26-20(25)17(11-14-5-3-2-4-6-14)22-18(23)12-27-19(24)13-28-16-9-7-15(21)8-10-16/h2-10,17H,11-13H2,1H3,(H,22,23). The van der Waals surface area contributed by atoms with E-state index in [4.69, 9.17) is 21.1 Å². The van der Waals surface area contributed by atoms with Crippen molar-refractivity contribution >= 4 is 41.2 Å². The first-order chi connectivity index (χ1) is 13.5. The average molecular weight is 422 g/mol. The van der Waals surface area contributed by atoms with E-state index < -0.39 is 30.5 Å². The molecular weight excluding hydrogens is 402 g/mol. The van der Waals surface area contributed by atoms with Crippen molar-refractivity contribution in [2.45, 2.75) is 17.4 Å². The van der Waals surface area contributed by atoms with E-state index in [2.05, 4.69) is 5.32 Å². The highest BCUT2D eigenvalue weighted by Gasteiger charge is 2.22. The minimum absolute atomic E-state index is 0.0549. The molecule has 148 valence electrons. The lowest BCUT2D eigenvalue weighted by Crippen LogP contribution is -2.44. The number of carbonyl (C=O) groups excluding carboxylic acids is 3. The monoisotopic (exact) mass is 421 g/mol. The largest absolute Gasteiger partial charge is 0.467 e. The molecule has 0 heterocycles. The first-order valence-corrected chi connectivity index (χ1v) is 9.79. The first-order valence-electron chi connectivity index (χ1n) is 8.43. The van der Waals surface area contributed by atoms with Crippen LogP contribution in [-0.4, -0.2) is 43.4 Å². The number of amides is 1. The molecule has 28 heavy (non-hydrogen) atoms. The summed E-state index contributed by atoms with van der Waals surface area (Å²) < 4.78 is 9.70. The van der Waals surface area contributed by atoms with Crippen LogP contribution >= 0.6 is 23.4 Å². The Morgan fingerprint density at radius 2 is 1.75 bits per heavy atom. The van der Waals surface area contributed by atoms with Gasteiger partial charge >= 0.3 is 11.9 Å². The van der Waals surface area contributed by atoms with Crippen LogP contribution in [0.4, 0.5) is 0 Å². The molecule has 0 aliphatic rings. The van der Waals surface area contributed by atoms with Gasteiger partial charge in [0.2, 0.25) is 0 Å². The van der Waals surface area contributed by atoms with Gasteiger partial charge in [0.1, 0.15) is 6.04 Å². The summed E-state index contributed by atoms with van der Waals surface area (Å²) in [6.45, 7) is -0.470. The maximum Gasteiger partial charge on any atom is 0.328 e. The molecule has 0 saturated heterocycles. The molecule has 6 nitrogen and oxygen atoms in total. The summed E-state index contributed by atoms with van der Waals surface area (Å²) in [6.07, 6.45) is 0.277. The fraction of sp³-hybridized carbons (Fsp3) is 0.250. The van der Waals surface area contributed by atoms with Gasteiger partial charge in [0.15, 0.2) is 6.61 Å². The normalized spacial score (nSPS) is 11.4. The number of benzene rings is 2. The van der Waals surface area contributed by atoms with Gasteiger partial charge in [0.25, 0.3) is 5.91 Å². The molecular formula is C20H20ClNO5S. The number of thioether (sulfide) groups is 1. The van der Waals surface area contributed by atoms with Crippen molar-refractivity contribution in [1.82, 2.24) is 5.32 Å². The van der Waals surface area contributed by atoms with Gasteiger partial charge in [-0.3, -0.25) is 9.59 Å². The fourth-order valence-electron chi connectivity index (χ4n) is 2.28. The summed E-state index contributed by atoms with van der Waals surface area (Å²) in [5.74, 6) is -1.62. The third-order valence-corrected chi connectivity index (χ3v) is 4.88. The molecule has 2 aromatic rings. The van der Waals surface area contributed by atoms with E-state index in [1.54, 1.807) is 24.3 Å². The number of methoxy groups -OCH3 is 1. The third-order valence-electron chi connectivity index (χ3n) is 3.64. The summed E-state index contributed by atoms with van der Waals surface area (Å²) in [5.41, 5.74) is 0.870. The van der Waals surface area contributed by atoms with E-state index >= 15 is 0 Å². The highest BCUT2D eigenvalue weighted by Crippen LogP contribution is 2.20. The summed E-state index contributed by atoms with van der Waals surface area (Å²) in [6, 6.07) is 15.4. The molecule has 0 aliphatic heterocycles. The lowest BCUT2D eigenvalue weighted by atomic mass is 10.1. The van der Waals surface area contributed by atoms with Crippen LogP contribution in [0.2, 0.25) is 5.02 Å². The zero-order valence-electron chi connectivity index (χ0n) is 15.2. The van der Waals surface area contributed by atoms with Crippen molar-refractivity contribution < 1.29 is 23.9 Å². The van der Waals surface area contributed by atoms with E-state index in [0.717, 1.165) is 10.5 Å². The molecule has 0 fully saturated rings. The molecule has 1 unspecified atom stereocenters. The Kier molecular flexibility index (Phi) is 8.84. The Morgan fingerprint density at radius 3 is 2.39 bits per heavy atom. The molecule has 0 saturated carbocycles. The number of esters is 2. The summed E-state index contributed by atoms with van der Waals surface area (Å²) in [4.78, 5) is 36.7. The van der Waals surface area contributed by atoms with Crippen LogP contribution in [0, 0.1) is 0 Å². The zero-order valence-corrected chi connectivity index (χ0v) is 16.8. The summed E-state index contributed by atoms with van der Waals surface area (Å²) >= 11 is 7.08. The van der Waals surface area contributed by atoms with Gasteiger partial charge in [-0.15, -0.1) is 11.8 Å². The van der Waals surface area contributed by atoms with E-state index in [-0.39, 0.29) is 12.2 Å². The van der Waals surface area contributed by atoms with Gasteiger partial charge in [0.05, 0.1) is 12.9 Å². The van der Waals surface area contributed by atoms with E-state index in [1.807, 2.05) is 30.3 Å². The van der Waals surface area contributed by atoms with E-state index in [0.29, 0.717) is 5.02 Å². The Morgan fingerprint density at radius 1 is 1.07 bits per heavy atom. The molecule has 2 rings (SSSR count). The van der Waals surface area contributed by atoms with Crippen molar-refractivity contribution in [3.05, 3.63) is 65.2 Å². The second kappa shape index (κ2) is 11.4. The highest BCUT2D eigenvalue weighted by atomic mass is 35.5. The topological polar surface area (TPSA) is 81.7 Å². The maximum absolute atomic E-state index is 12.1. The lowest BCUT2D eigenvalue weighted by Gasteiger charge is -2.16. The summed E-state index contributed by atoms with van der Waals surface area (Å²) in [7, 11) is 1.25. The SMILES string of the molecule is COC(=O)C(Cc1ccccc1)NC(=O)COC(=O)CSc1ccc(Cl)cc1. The molecule has 2 aromatic carbocycles.